The largest absolute Gasteiger partial charge is 0.618 e. The summed E-state index contributed by atoms with van der Waals surface area (Å²) in [4.78, 5) is 23.4. The Morgan fingerprint density at radius 2 is 1.67 bits per heavy atom. The Morgan fingerprint density at radius 1 is 1.04 bits per heavy atom. The average Bonchev–Trinajstić information content (AvgIpc) is 2.58. The summed E-state index contributed by atoms with van der Waals surface area (Å²) < 4.78 is 0.190. The Labute approximate surface area is 158 Å². The molecule has 1 heterocycles. The van der Waals surface area contributed by atoms with Crippen LogP contribution in [0.1, 0.15) is 72.5 Å². The highest BCUT2D eigenvalue weighted by atomic mass is 16.5. The third-order valence-electron chi connectivity index (χ3n) is 5.51. The summed E-state index contributed by atoms with van der Waals surface area (Å²) in [5, 5.41) is 23.5. The predicted octanol–water partition coefficient (Wildman–Crippen LogP) is 3.62. The Morgan fingerprint density at radius 3 is 2.26 bits per heavy atom. The van der Waals surface area contributed by atoms with Crippen LogP contribution >= 0.6 is 0 Å². The number of pyridine rings is 1. The number of hydrogen-bond acceptors (Lipinski definition) is 3. The highest BCUT2D eigenvalue weighted by molar-refractivity contribution is 6.04. The van der Waals surface area contributed by atoms with Crippen LogP contribution in [-0.4, -0.2) is 17.0 Å². The van der Waals surface area contributed by atoms with E-state index >= 15 is 0 Å². The Kier molecular flexibility index (Phi) is 4.46. The molecule has 27 heavy (non-hydrogen) atoms. The number of rotatable bonds is 3. The molecule has 1 amide bonds. The maximum atomic E-state index is 12.5. The molecule has 1 aliphatic rings. The predicted molar refractivity (Wildman–Crippen MR) is 102 cm³/mol. The van der Waals surface area contributed by atoms with Crippen LogP contribution in [0.4, 0.5) is 5.69 Å². The van der Waals surface area contributed by atoms with Crippen LogP contribution < -0.4 is 10.0 Å². The minimum atomic E-state index is -1.34. The molecule has 3 rings (SSSR count). The number of anilines is 1. The molecule has 1 aromatic carbocycles. The van der Waals surface area contributed by atoms with Crippen LogP contribution in [0.3, 0.4) is 0 Å². The number of aromatic carboxylic acids is 1. The van der Waals surface area contributed by atoms with Crippen molar-refractivity contribution < 1.29 is 19.4 Å². The van der Waals surface area contributed by atoms with Crippen molar-refractivity contribution in [1.82, 2.24) is 0 Å². The number of nitrogens with zero attached hydrogens (tertiary/aromatic N) is 1. The van der Waals surface area contributed by atoms with Crippen molar-refractivity contribution in [3.8, 4) is 0 Å². The van der Waals surface area contributed by atoms with E-state index in [4.69, 9.17) is 5.11 Å². The first-order chi connectivity index (χ1) is 12.5. The first-order valence-corrected chi connectivity index (χ1v) is 8.94. The molecule has 0 saturated carbocycles. The lowest BCUT2D eigenvalue weighted by atomic mass is 9.63. The van der Waals surface area contributed by atoms with Gasteiger partial charge in [-0.1, -0.05) is 33.8 Å². The molecule has 0 spiro atoms. The second-order valence-corrected chi connectivity index (χ2v) is 8.42. The summed E-state index contributed by atoms with van der Waals surface area (Å²) in [6, 6.07) is 8.40. The molecule has 2 N–H and O–H groups in total. The van der Waals surface area contributed by atoms with Gasteiger partial charge in [-0.15, -0.1) is 0 Å². The Hall–Kier alpha value is -2.89. The van der Waals surface area contributed by atoms with E-state index in [0.29, 0.717) is 5.69 Å². The number of hydrogen-bond donors (Lipinski definition) is 2. The molecular formula is C21H24N2O4. The lowest BCUT2D eigenvalue weighted by Gasteiger charge is -2.42. The first-order valence-electron chi connectivity index (χ1n) is 8.94. The molecule has 0 saturated heterocycles. The van der Waals surface area contributed by atoms with E-state index in [0.717, 1.165) is 25.1 Å². The van der Waals surface area contributed by atoms with E-state index < -0.39 is 17.6 Å². The Balaban J connectivity index is 1.90. The number of aromatic nitrogens is 1. The molecule has 0 fully saturated rings. The van der Waals surface area contributed by atoms with Gasteiger partial charge in [0.15, 0.2) is 6.20 Å². The van der Waals surface area contributed by atoms with Crippen molar-refractivity contribution in [2.24, 2.45) is 0 Å². The van der Waals surface area contributed by atoms with Crippen LogP contribution in [-0.2, 0) is 10.8 Å². The fraction of sp³-hybridized carbons (Fsp3) is 0.381. The van der Waals surface area contributed by atoms with Crippen LogP contribution in [0.25, 0.3) is 0 Å². The summed E-state index contributed by atoms with van der Waals surface area (Å²) in [5.74, 6) is -1.79. The molecule has 0 aliphatic heterocycles. The number of carbonyl (C=O) groups excluding carboxylic acids is 1. The number of benzene rings is 1. The summed E-state index contributed by atoms with van der Waals surface area (Å²) in [7, 11) is 0. The number of amides is 1. The van der Waals surface area contributed by atoms with Crippen molar-refractivity contribution in [2.45, 2.75) is 51.4 Å². The normalized spacial score (nSPS) is 17.0. The second kappa shape index (κ2) is 6.37. The third-order valence-corrected chi connectivity index (χ3v) is 5.51. The van der Waals surface area contributed by atoms with Gasteiger partial charge in [0, 0.05) is 11.8 Å². The minimum absolute atomic E-state index is 0.0206. The zero-order chi connectivity index (χ0) is 20.0. The second-order valence-electron chi connectivity index (χ2n) is 8.42. The summed E-state index contributed by atoms with van der Waals surface area (Å²) >= 11 is 0. The summed E-state index contributed by atoms with van der Waals surface area (Å²) in [5.41, 5.74) is 2.96. The van der Waals surface area contributed by atoms with Gasteiger partial charge in [-0.2, -0.15) is 4.73 Å². The molecule has 1 aromatic heterocycles. The van der Waals surface area contributed by atoms with Crippen LogP contribution in [0.2, 0.25) is 0 Å². The highest BCUT2D eigenvalue weighted by Gasteiger charge is 2.37. The van der Waals surface area contributed by atoms with Gasteiger partial charge >= 0.3 is 11.7 Å². The zero-order valence-corrected chi connectivity index (χ0v) is 16.0. The van der Waals surface area contributed by atoms with Crippen molar-refractivity contribution in [3.63, 3.8) is 0 Å². The van der Waals surface area contributed by atoms with Gasteiger partial charge in [0.05, 0.1) is 0 Å². The average molecular weight is 368 g/mol. The van der Waals surface area contributed by atoms with E-state index in [1.54, 1.807) is 0 Å². The fourth-order valence-electron chi connectivity index (χ4n) is 3.65. The molecule has 6 heteroatoms. The number of fused-ring (bicyclic) bond motifs is 1. The number of nitrogens with one attached hydrogen (secondary N) is 1. The summed E-state index contributed by atoms with van der Waals surface area (Å²) in [6.07, 6.45) is 3.15. The van der Waals surface area contributed by atoms with Gasteiger partial charge in [-0.05, 0) is 53.0 Å². The topological polar surface area (TPSA) is 93.3 Å². The standard InChI is InChI=1S/C21H24N2O4/c1-20(2)9-10-21(3,4)16-11-14(6-7-15(16)20)22-18(24)13-5-8-17(19(25)26)23(27)12-13/h5-8,11-12H,9-10H2,1-4H3,(H,22,24)(H,25,26). The lowest BCUT2D eigenvalue weighted by Crippen LogP contribution is -2.35. The van der Waals surface area contributed by atoms with Crippen molar-refractivity contribution in [1.29, 1.82) is 0 Å². The van der Waals surface area contributed by atoms with Gasteiger partial charge in [0.1, 0.15) is 5.56 Å². The third kappa shape index (κ3) is 3.52. The summed E-state index contributed by atoms with van der Waals surface area (Å²) in [6.45, 7) is 8.88. The van der Waals surface area contributed by atoms with Crippen molar-refractivity contribution in [3.05, 3.63) is 64.1 Å². The molecule has 0 bridgehead atoms. The monoisotopic (exact) mass is 368 g/mol. The minimum Gasteiger partial charge on any atom is -0.618 e. The molecule has 6 nitrogen and oxygen atoms in total. The molecule has 2 aromatic rings. The van der Waals surface area contributed by atoms with Gasteiger partial charge in [0.2, 0.25) is 0 Å². The van der Waals surface area contributed by atoms with E-state index in [1.165, 1.54) is 17.2 Å². The molecule has 142 valence electrons. The van der Waals surface area contributed by atoms with Crippen LogP contribution in [0.15, 0.2) is 36.5 Å². The smallest absolute Gasteiger partial charge is 0.402 e. The lowest BCUT2D eigenvalue weighted by molar-refractivity contribution is -0.608. The van der Waals surface area contributed by atoms with Gasteiger partial charge < -0.3 is 15.6 Å². The van der Waals surface area contributed by atoms with Gasteiger partial charge in [0.25, 0.3) is 5.91 Å². The maximum absolute atomic E-state index is 12.5. The van der Waals surface area contributed by atoms with Crippen LogP contribution in [0.5, 0.6) is 0 Å². The number of carboxylic acids is 1. The SMILES string of the molecule is CC1(C)CCC(C)(C)c2cc(NC(=O)c3ccc(C(=O)O)[n+]([O-])c3)ccc21. The molecule has 0 unspecified atom stereocenters. The van der Waals surface area contributed by atoms with Crippen molar-refractivity contribution in [2.75, 3.05) is 5.32 Å². The van der Waals surface area contributed by atoms with Gasteiger partial charge in [-0.3, -0.25) is 4.79 Å². The maximum Gasteiger partial charge on any atom is 0.402 e. The van der Waals surface area contributed by atoms with Crippen molar-refractivity contribution >= 4 is 17.6 Å². The molecule has 1 aliphatic carbocycles. The van der Waals surface area contributed by atoms with Gasteiger partial charge in [-0.25, -0.2) is 4.79 Å². The fourth-order valence-corrected chi connectivity index (χ4v) is 3.65. The first kappa shape index (κ1) is 18.9. The molecule has 0 radical (unpaired) electrons. The highest BCUT2D eigenvalue weighted by Crippen LogP contribution is 2.46. The Bertz CT molecular complexity index is 932. The number of carboxylic acid groups (broad SMARTS) is 1. The number of carbonyl (C=O) groups is 2. The van der Waals surface area contributed by atoms with E-state index in [2.05, 4.69) is 39.1 Å². The quantitative estimate of drug-likeness (QED) is 0.639. The van der Waals surface area contributed by atoms with E-state index in [-0.39, 0.29) is 21.1 Å². The molecule has 0 atom stereocenters. The van der Waals surface area contributed by atoms with E-state index in [9.17, 15) is 14.8 Å². The van der Waals surface area contributed by atoms with Crippen LogP contribution in [0, 0.1) is 5.21 Å². The molecular weight excluding hydrogens is 344 g/mol. The zero-order valence-electron chi connectivity index (χ0n) is 16.0. The van der Waals surface area contributed by atoms with E-state index in [1.807, 2.05) is 12.1 Å².